The van der Waals surface area contributed by atoms with Crippen LogP contribution >= 0.6 is 0 Å². The van der Waals surface area contributed by atoms with Crippen molar-refractivity contribution in [2.24, 2.45) is 0 Å². The smallest absolute Gasteiger partial charge is 0.324 e. The van der Waals surface area contributed by atoms with Gasteiger partial charge >= 0.3 is 5.97 Å². The third-order valence-corrected chi connectivity index (χ3v) is 7.78. The zero-order chi connectivity index (χ0) is 26.1. The summed E-state index contributed by atoms with van der Waals surface area (Å²) in [5.74, 6) is -1.46. The highest BCUT2D eigenvalue weighted by atomic mass is 32.2. The van der Waals surface area contributed by atoms with E-state index in [9.17, 15) is 31.7 Å². The van der Waals surface area contributed by atoms with Gasteiger partial charge in [0.2, 0.25) is 20.0 Å². The van der Waals surface area contributed by atoms with E-state index in [0.29, 0.717) is 12.8 Å². The first-order valence-corrected chi connectivity index (χ1v) is 14.0. The van der Waals surface area contributed by atoms with Crippen molar-refractivity contribution in [2.45, 2.75) is 49.8 Å². The molecular weight excluding hydrogens is 498 g/mol. The molecule has 0 spiro atoms. The van der Waals surface area contributed by atoms with E-state index in [-0.39, 0.29) is 35.7 Å². The van der Waals surface area contributed by atoms with Gasteiger partial charge in [-0.3, -0.25) is 14.9 Å². The van der Waals surface area contributed by atoms with Crippen LogP contribution < -0.4 is 9.44 Å². The minimum atomic E-state index is -4.13. The zero-order valence-corrected chi connectivity index (χ0v) is 21.1. The van der Waals surface area contributed by atoms with Crippen LogP contribution in [0.15, 0.2) is 53.4 Å². The molecule has 0 aliphatic heterocycles. The molecule has 2 aromatic rings. The summed E-state index contributed by atoms with van der Waals surface area (Å²) < 4.78 is 59.7. The standard InChI is InChI=1S/C22H29N3O8S2/c1-3-33-22(26)20(24-34(29,30)16-18-8-4-5-10-21(18)25(27)28)9-6-7-15-23-35(31,32)19-13-11-17(2)12-14-19/h4-5,8,10-14,20,23-24H,3,6-7,9,15-16H2,1-2H3/t20-/m0/s1. The van der Waals surface area contributed by atoms with Crippen LogP contribution in [-0.4, -0.2) is 46.9 Å². The van der Waals surface area contributed by atoms with Crippen molar-refractivity contribution in [2.75, 3.05) is 13.2 Å². The number of ether oxygens (including phenoxy) is 1. The number of hydrogen-bond donors (Lipinski definition) is 2. The molecule has 0 aliphatic rings. The van der Waals surface area contributed by atoms with Gasteiger partial charge in [0.15, 0.2) is 0 Å². The average molecular weight is 528 g/mol. The van der Waals surface area contributed by atoms with E-state index in [4.69, 9.17) is 4.74 Å². The summed E-state index contributed by atoms with van der Waals surface area (Å²) >= 11 is 0. The minimum absolute atomic E-state index is 0.0156. The van der Waals surface area contributed by atoms with E-state index in [2.05, 4.69) is 9.44 Å². The molecule has 2 rings (SSSR count). The van der Waals surface area contributed by atoms with Crippen LogP contribution in [0.3, 0.4) is 0 Å². The molecule has 0 unspecified atom stereocenters. The Kier molecular flexibility index (Phi) is 10.3. The molecule has 35 heavy (non-hydrogen) atoms. The maximum absolute atomic E-state index is 12.7. The van der Waals surface area contributed by atoms with Crippen LogP contribution in [0.4, 0.5) is 5.69 Å². The Balaban J connectivity index is 1.97. The molecule has 13 heteroatoms. The molecule has 0 aromatic heterocycles. The van der Waals surface area contributed by atoms with E-state index >= 15 is 0 Å². The number of carbonyl (C=O) groups excluding carboxylic acids is 1. The number of esters is 1. The summed E-state index contributed by atoms with van der Waals surface area (Å²) in [5.41, 5.74) is 0.572. The number of nitro groups is 1. The lowest BCUT2D eigenvalue weighted by atomic mass is 10.1. The molecule has 0 amide bonds. The lowest BCUT2D eigenvalue weighted by Crippen LogP contribution is -2.42. The second-order valence-electron chi connectivity index (χ2n) is 7.77. The second-order valence-corrected chi connectivity index (χ2v) is 11.3. The number of aryl methyl sites for hydroxylation is 1. The van der Waals surface area contributed by atoms with Gasteiger partial charge in [0.05, 0.1) is 22.2 Å². The van der Waals surface area contributed by atoms with E-state index in [1.807, 2.05) is 6.92 Å². The van der Waals surface area contributed by atoms with Gasteiger partial charge in [0, 0.05) is 18.2 Å². The van der Waals surface area contributed by atoms with Crippen LogP contribution in [0.25, 0.3) is 0 Å². The highest BCUT2D eigenvalue weighted by molar-refractivity contribution is 7.89. The van der Waals surface area contributed by atoms with Gasteiger partial charge in [-0.15, -0.1) is 0 Å². The molecule has 0 radical (unpaired) electrons. The molecule has 0 bridgehead atoms. The van der Waals surface area contributed by atoms with Crippen molar-refractivity contribution in [1.29, 1.82) is 0 Å². The third kappa shape index (κ3) is 9.02. The van der Waals surface area contributed by atoms with Crippen LogP contribution in [0, 0.1) is 17.0 Å². The fourth-order valence-electron chi connectivity index (χ4n) is 3.22. The third-order valence-electron chi connectivity index (χ3n) is 4.97. The molecule has 192 valence electrons. The summed E-state index contributed by atoms with van der Waals surface area (Å²) in [6.07, 6.45) is 0.710. The van der Waals surface area contributed by atoms with Gasteiger partial charge in [-0.25, -0.2) is 26.3 Å². The number of rotatable bonds is 14. The van der Waals surface area contributed by atoms with E-state index in [1.54, 1.807) is 19.1 Å². The first-order chi connectivity index (χ1) is 16.4. The minimum Gasteiger partial charge on any atom is -0.465 e. The summed E-state index contributed by atoms with van der Waals surface area (Å²) in [6.45, 7) is 3.56. The molecule has 1 atom stereocenters. The number of sulfonamides is 2. The molecule has 2 aromatic carbocycles. The zero-order valence-electron chi connectivity index (χ0n) is 19.5. The van der Waals surface area contributed by atoms with Crippen molar-refractivity contribution in [3.63, 3.8) is 0 Å². The normalized spacial score (nSPS) is 12.7. The van der Waals surface area contributed by atoms with Gasteiger partial charge in [0.1, 0.15) is 6.04 Å². The van der Waals surface area contributed by atoms with E-state index in [0.717, 1.165) is 5.56 Å². The highest BCUT2D eigenvalue weighted by Gasteiger charge is 2.27. The summed E-state index contributed by atoms with van der Waals surface area (Å²) in [6, 6.07) is 10.6. The first kappa shape index (κ1) is 28.4. The summed E-state index contributed by atoms with van der Waals surface area (Å²) in [4.78, 5) is 22.9. The maximum Gasteiger partial charge on any atom is 0.324 e. The molecule has 2 N–H and O–H groups in total. The Morgan fingerprint density at radius 2 is 1.71 bits per heavy atom. The number of benzene rings is 2. The Bertz CT molecular complexity index is 1230. The number of nitrogens with one attached hydrogen (secondary N) is 2. The number of nitro benzene ring substituents is 1. The lowest BCUT2D eigenvalue weighted by molar-refractivity contribution is -0.385. The second kappa shape index (κ2) is 12.7. The first-order valence-electron chi connectivity index (χ1n) is 10.9. The number of nitrogens with zero attached hydrogens (tertiary/aromatic N) is 1. The Hall–Kier alpha value is -2.87. The number of hydrogen-bond acceptors (Lipinski definition) is 8. The van der Waals surface area contributed by atoms with Crippen LogP contribution in [0.1, 0.15) is 37.3 Å². The van der Waals surface area contributed by atoms with Crippen molar-refractivity contribution in [3.8, 4) is 0 Å². The van der Waals surface area contributed by atoms with Gasteiger partial charge in [-0.1, -0.05) is 35.9 Å². The number of carbonyl (C=O) groups is 1. The molecule has 0 saturated heterocycles. The SMILES string of the molecule is CCOC(=O)[C@H](CCCCNS(=O)(=O)c1ccc(C)cc1)NS(=O)(=O)Cc1ccccc1[N+](=O)[O-]. The van der Waals surface area contributed by atoms with E-state index < -0.39 is 42.7 Å². The fraction of sp³-hybridized carbons (Fsp3) is 0.409. The summed E-state index contributed by atoms with van der Waals surface area (Å²) in [5, 5.41) is 11.2. The van der Waals surface area contributed by atoms with Crippen LogP contribution in [-0.2, 0) is 35.3 Å². The Morgan fingerprint density at radius 1 is 1.06 bits per heavy atom. The van der Waals surface area contributed by atoms with Crippen molar-refractivity contribution in [1.82, 2.24) is 9.44 Å². The van der Waals surface area contributed by atoms with Gasteiger partial charge < -0.3 is 4.74 Å². The topological polar surface area (TPSA) is 162 Å². The van der Waals surface area contributed by atoms with Crippen molar-refractivity contribution >= 4 is 31.7 Å². The van der Waals surface area contributed by atoms with Crippen LogP contribution in [0.5, 0.6) is 0 Å². The molecule has 0 fully saturated rings. The van der Waals surface area contributed by atoms with Gasteiger partial charge in [0.25, 0.3) is 5.69 Å². The Morgan fingerprint density at radius 3 is 2.34 bits per heavy atom. The largest absolute Gasteiger partial charge is 0.465 e. The lowest BCUT2D eigenvalue weighted by Gasteiger charge is -2.17. The quantitative estimate of drug-likeness (QED) is 0.164. The van der Waals surface area contributed by atoms with E-state index in [1.165, 1.54) is 36.4 Å². The predicted octanol–water partition coefficient (Wildman–Crippen LogP) is 2.40. The monoisotopic (exact) mass is 527 g/mol. The molecule has 0 saturated carbocycles. The van der Waals surface area contributed by atoms with Crippen LogP contribution in [0.2, 0.25) is 0 Å². The molecular formula is C22H29N3O8S2. The fourth-order valence-corrected chi connectivity index (χ4v) is 5.68. The van der Waals surface area contributed by atoms with Crippen molar-refractivity contribution < 1.29 is 31.3 Å². The Labute approximate surface area is 205 Å². The van der Waals surface area contributed by atoms with Crippen molar-refractivity contribution in [3.05, 3.63) is 69.8 Å². The maximum atomic E-state index is 12.7. The molecule has 0 heterocycles. The number of para-hydroxylation sites is 1. The summed E-state index contributed by atoms with van der Waals surface area (Å²) in [7, 11) is -7.81. The van der Waals surface area contributed by atoms with Gasteiger partial charge in [-0.05, 0) is 45.2 Å². The van der Waals surface area contributed by atoms with Gasteiger partial charge in [-0.2, -0.15) is 0 Å². The highest BCUT2D eigenvalue weighted by Crippen LogP contribution is 2.20. The average Bonchev–Trinajstić information content (AvgIpc) is 2.78. The molecule has 11 nitrogen and oxygen atoms in total. The molecule has 0 aliphatic carbocycles. The number of unbranched alkanes of at least 4 members (excludes halogenated alkanes) is 1. The predicted molar refractivity (Wildman–Crippen MR) is 129 cm³/mol.